The van der Waals surface area contributed by atoms with E-state index in [2.05, 4.69) is 15.4 Å². The van der Waals surface area contributed by atoms with Gasteiger partial charge in [-0.3, -0.25) is 9.48 Å². The molecule has 0 bridgehead atoms. The number of carbonyl (C=O) groups excluding carboxylic acids is 1. The number of rotatable bonds is 2. The Morgan fingerprint density at radius 2 is 2.18 bits per heavy atom. The van der Waals surface area contributed by atoms with Gasteiger partial charge in [-0.15, -0.1) is 0 Å². The number of thioether (sulfide) groups is 1. The van der Waals surface area contributed by atoms with Gasteiger partial charge in [0, 0.05) is 36.7 Å². The molecule has 0 unspecified atom stereocenters. The van der Waals surface area contributed by atoms with Crippen molar-refractivity contribution in [2.45, 2.75) is 11.5 Å². The fourth-order valence-electron chi connectivity index (χ4n) is 2.75. The molecule has 0 saturated heterocycles. The first-order valence-electron chi connectivity index (χ1n) is 6.98. The Hall–Kier alpha value is -2.28. The minimum Gasteiger partial charge on any atom is -0.334 e. The molecule has 2 aromatic heterocycles. The molecule has 7 heteroatoms. The standard InChI is InChI=1S/C15H15N5OS/c1-19-8-16-11-5-9(3-4-13(11)19)15(21)17-14-10-6-22-7-12(10)18-20(14)2/h3-5,8H,6-7H2,1-2H3,(H,17,21). The zero-order chi connectivity index (χ0) is 15.3. The number of nitrogens with one attached hydrogen (secondary N) is 1. The lowest BCUT2D eigenvalue weighted by Gasteiger charge is -2.07. The third-order valence-electron chi connectivity index (χ3n) is 3.93. The highest BCUT2D eigenvalue weighted by atomic mass is 32.2. The third kappa shape index (κ3) is 2.00. The maximum absolute atomic E-state index is 12.5. The van der Waals surface area contributed by atoms with Crippen molar-refractivity contribution < 1.29 is 4.79 Å². The number of hydrogen-bond donors (Lipinski definition) is 1. The van der Waals surface area contributed by atoms with E-state index in [9.17, 15) is 4.79 Å². The van der Waals surface area contributed by atoms with Crippen LogP contribution in [0.5, 0.6) is 0 Å². The third-order valence-corrected chi connectivity index (χ3v) is 4.90. The molecule has 1 aliphatic heterocycles. The highest BCUT2D eigenvalue weighted by Gasteiger charge is 2.23. The first-order chi connectivity index (χ1) is 10.6. The number of aromatic nitrogens is 4. The molecule has 0 atom stereocenters. The predicted molar refractivity (Wildman–Crippen MR) is 86.9 cm³/mol. The van der Waals surface area contributed by atoms with E-state index in [1.54, 1.807) is 11.0 Å². The molecule has 22 heavy (non-hydrogen) atoms. The Labute approximate surface area is 131 Å². The molecule has 3 aromatic rings. The van der Waals surface area contributed by atoms with Crippen LogP contribution in [0.15, 0.2) is 24.5 Å². The Morgan fingerprint density at radius 3 is 3.05 bits per heavy atom. The van der Waals surface area contributed by atoms with E-state index in [0.29, 0.717) is 5.56 Å². The largest absolute Gasteiger partial charge is 0.334 e. The lowest BCUT2D eigenvalue weighted by molar-refractivity contribution is 0.102. The van der Waals surface area contributed by atoms with Gasteiger partial charge in [-0.25, -0.2) is 4.98 Å². The lowest BCUT2D eigenvalue weighted by Crippen LogP contribution is -2.15. The molecule has 0 spiro atoms. The van der Waals surface area contributed by atoms with Crippen molar-refractivity contribution in [3.8, 4) is 0 Å². The summed E-state index contributed by atoms with van der Waals surface area (Å²) in [6.07, 6.45) is 1.75. The first kappa shape index (κ1) is 13.4. The zero-order valence-electron chi connectivity index (χ0n) is 12.3. The van der Waals surface area contributed by atoms with E-state index in [4.69, 9.17) is 0 Å². The van der Waals surface area contributed by atoms with Crippen LogP contribution in [-0.2, 0) is 25.6 Å². The number of amides is 1. The maximum atomic E-state index is 12.5. The molecule has 0 saturated carbocycles. The summed E-state index contributed by atoms with van der Waals surface area (Å²) in [5.41, 5.74) is 4.64. The van der Waals surface area contributed by atoms with Crippen molar-refractivity contribution in [1.82, 2.24) is 19.3 Å². The fourth-order valence-corrected chi connectivity index (χ4v) is 3.79. The van der Waals surface area contributed by atoms with Crippen LogP contribution in [0.4, 0.5) is 5.82 Å². The molecule has 4 rings (SSSR count). The highest BCUT2D eigenvalue weighted by Crippen LogP contribution is 2.34. The van der Waals surface area contributed by atoms with Gasteiger partial charge in [-0.2, -0.15) is 16.9 Å². The predicted octanol–water partition coefficient (Wildman–Crippen LogP) is 2.31. The second-order valence-electron chi connectivity index (χ2n) is 5.40. The summed E-state index contributed by atoms with van der Waals surface area (Å²) in [6.45, 7) is 0. The first-order valence-corrected chi connectivity index (χ1v) is 8.14. The van der Waals surface area contributed by atoms with Crippen molar-refractivity contribution in [3.63, 3.8) is 0 Å². The monoisotopic (exact) mass is 313 g/mol. The molecule has 1 aliphatic rings. The van der Waals surface area contributed by atoms with Crippen LogP contribution in [0.1, 0.15) is 21.6 Å². The molecule has 1 aromatic carbocycles. The van der Waals surface area contributed by atoms with Gasteiger partial charge in [0.1, 0.15) is 5.82 Å². The smallest absolute Gasteiger partial charge is 0.256 e. The molecule has 3 heterocycles. The normalized spacial score (nSPS) is 13.5. The number of imidazole rings is 1. The van der Waals surface area contributed by atoms with Crippen LogP contribution in [0.3, 0.4) is 0 Å². The fraction of sp³-hybridized carbons (Fsp3) is 0.267. The van der Waals surface area contributed by atoms with Gasteiger partial charge in [-0.05, 0) is 18.2 Å². The van der Waals surface area contributed by atoms with Crippen molar-refractivity contribution in [2.75, 3.05) is 5.32 Å². The van der Waals surface area contributed by atoms with Crippen LogP contribution in [0, 0.1) is 0 Å². The van der Waals surface area contributed by atoms with E-state index in [0.717, 1.165) is 39.6 Å². The summed E-state index contributed by atoms with van der Waals surface area (Å²) in [7, 11) is 3.80. The summed E-state index contributed by atoms with van der Waals surface area (Å²) >= 11 is 1.82. The minimum atomic E-state index is -0.129. The second-order valence-corrected chi connectivity index (χ2v) is 6.39. The molecule has 6 nitrogen and oxygen atoms in total. The van der Waals surface area contributed by atoms with Crippen LogP contribution >= 0.6 is 11.8 Å². The van der Waals surface area contributed by atoms with Gasteiger partial charge in [0.25, 0.3) is 5.91 Å². The highest BCUT2D eigenvalue weighted by molar-refractivity contribution is 7.98. The van der Waals surface area contributed by atoms with Crippen molar-refractivity contribution in [2.24, 2.45) is 14.1 Å². The van der Waals surface area contributed by atoms with Crippen molar-refractivity contribution in [3.05, 3.63) is 41.3 Å². The zero-order valence-corrected chi connectivity index (χ0v) is 13.1. The molecule has 0 fully saturated rings. The van der Waals surface area contributed by atoms with Crippen molar-refractivity contribution in [1.29, 1.82) is 0 Å². The number of aryl methyl sites for hydroxylation is 2. The number of nitrogens with zero attached hydrogens (tertiary/aromatic N) is 4. The average molecular weight is 313 g/mol. The van der Waals surface area contributed by atoms with E-state index in [1.807, 2.05) is 48.6 Å². The Bertz CT molecular complexity index is 895. The van der Waals surface area contributed by atoms with E-state index in [-0.39, 0.29) is 5.91 Å². The maximum Gasteiger partial charge on any atom is 0.256 e. The summed E-state index contributed by atoms with van der Waals surface area (Å²) in [5, 5.41) is 7.45. The van der Waals surface area contributed by atoms with E-state index in [1.165, 1.54) is 0 Å². The summed E-state index contributed by atoms with van der Waals surface area (Å²) in [5.74, 6) is 2.48. The Balaban J connectivity index is 1.66. The second kappa shape index (κ2) is 4.88. The van der Waals surface area contributed by atoms with Crippen LogP contribution in [0.2, 0.25) is 0 Å². The quantitative estimate of drug-likeness (QED) is 0.788. The van der Waals surface area contributed by atoms with Gasteiger partial charge < -0.3 is 9.88 Å². The molecular formula is C15H15N5OS. The Morgan fingerprint density at radius 1 is 1.32 bits per heavy atom. The summed E-state index contributed by atoms with van der Waals surface area (Å²) in [4.78, 5) is 16.8. The van der Waals surface area contributed by atoms with Crippen molar-refractivity contribution >= 4 is 34.5 Å². The number of hydrogen-bond acceptors (Lipinski definition) is 4. The molecule has 0 aliphatic carbocycles. The van der Waals surface area contributed by atoms with Gasteiger partial charge >= 0.3 is 0 Å². The number of carbonyl (C=O) groups is 1. The van der Waals surface area contributed by atoms with Crippen LogP contribution in [0.25, 0.3) is 11.0 Å². The van der Waals surface area contributed by atoms with Crippen LogP contribution < -0.4 is 5.32 Å². The van der Waals surface area contributed by atoms with Gasteiger partial charge in [0.15, 0.2) is 0 Å². The Kier molecular flexibility index (Phi) is 2.97. The van der Waals surface area contributed by atoms with Gasteiger partial charge in [0.05, 0.1) is 23.1 Å². The summed E-state index contributed by atoms with van der Waals surface area (Å²) in [6, 6.07) is 5.56. The molecular weight excluding hydrogens is 298 g/mol. The minimum absolute atomic E-state index is 0.129. The number of benzene rings is 1. The number of fused-ring (bicyclic) bond motifs is 2. The molecule has 1 N–H and O–H groups in total. The topological polar surface area (TPSA) is 64.7 Å². The van der Waals surface area contributed by atoms with Crippen LogP contribution in [-0.4, -0.2) is 25.2 Å². The SMILES string of the molecule is Cn1nc2c(c1NC(=O)c1ccc3c(c1)ncn3C)CSC2. The average Bonchev–Trinajstić information content (AvgIpc) is 3.17. The molecule has 112 valence electrons. The van der Waals surface area contributed by atoms with E-state index >= 15 is 0 Å². The van der Waals surface area contributed by atoms with E-state index < -0.39 is 0 Å². The van der Waals surface area contributed by atoms with Gasteiger partial charge in [-0.1, -0.05) is 0 Å². The number of anilines is 1. The summed E-state index contributed by atoms with van der Waals surface area (Å²) < 4.78 is 3.68. The lowest BCUT2D eigenvalue weighted by atomic mass is 10.2. The molecule has 0 radical (unpaired) electrons. The van der Waals surface area contributed by atoms with Gasteiger partial charge in [0.2, 0.25) is 0 Å². The molecule has 1 amide bonds.